The molecule has 1 saturated heterocycles. The SMILES string of the molecule is C[C@@H](NCC1CCC(C(=O)O)O1)c1cccnc1. The summed E-state index contributed by atoms with van der Waals surface area (Å²) in [6.45, 7) is 2.72. The molecule has 2 unspecified atom stereocenters. The lowest BCUT2D eigenvalue weighted by Crippen LogP contribution is -2.30. The molecule has 0 radical (unpaired) electrons. The predicted molar refractivity (Wildman–Crippen MR) is 66.2 cm³/mol. The van der Waals surface area contributed by atoms with E-state index < -0.39 is 12.1 Å². The zero-order valence-electron chi connectivity index (χ0n) is 10.4. The van der Waals surface area contributed by atoms with Crippen molar-refractivity contribution in [2.45, 2.75) is 38.0 Å². The number of carbonyl (C=O) groups is 1. The summed E-state index contributed by atoms with van der Waals surface area (Å²) in [5.74, 6) is -0.863. The Hall–Kier alpha value is -1.46. The van der Waals surface area contributed by atoms with Gasteiger partial charge in [0.25, 0.3) is 0 Å². The monoisotopic (exact) mass is 250 g/mol. The van der Waals surface area contributed by atoms with Gasteiger partial charge >= 0.3 is 5.97 Å². The van der Waals surface area contributed by atoms with Gasteiger partial charge in [0.05, 0.1) is 6.10 Å². The van der Waals surface area contributed by atoms with E-state index in [9.17, 15) is 4.79 Å². The van der Waals surface area contributed by atoms with Crippen molar-refractivity contribution in [2.24, 2.45) is 0 Å². The van der Waals surface area contributed by atoms with Crippen molar-refractivity contribution in [3.8, 4) is 0 Å². The minimum absolute atomic E-state index is 0.00905. The first-order valence-electron chi connectivity index (χ1n) is 6.18. The van der Waals surface area contributed by atoms with Gasteiger partial charge in [0.2, 0.25) is 0 Å². The Bertz CT molecular complexity index is 396. The maximum Gasteiger partial charge on any atom is 0.332 e. The van der Waals surface area contributed by atoms with E-state index in [1.807, 2.05) is 18.3 Å². The van der Waals surface area contributed by atoms with Crippen molar-refractivity contribution in [2.75, 3.05) is 6.54 Å². The molecule has 1 aromatic rings. The Morgan fingerprint density at radius 3 is 3.11 bits per heavy atom. The molecular formula is C13H18N2O3. The second-order valence-electron chi connectivity index (χ2n) is 4.58. The molecule has 2 N–H and O–H groups in total. The van der Waals surface area contributed by atoms with Gasteiger partial charge in [-0.15, -0.1) is 0 Å². The fourth-order valence-electron chi connectivity index (χ4n) is 2.10. The number of carboxylic acids is 1. The number of carboxylic acid groups (broad SMARTS) is 1. The smallest absolute Gasteiger partial charge is 0.332 e. The molecule has 2 rings (SSSR count). The fourth-order valence-corrected chi connectivity index (χ4v) is 2.10. The van der Waals surface area contributed by atoms with Crippen molar-refractivity contribution in [3.05, 3.63) is 30.1 Å². The molecule has 1 fully saturated rings. The van der Waals surface area contributed by atoms with Gasteiger partial charge in [0.15, 0.2) is 6.10 Å². The highest BCUT2D eigenvalue weighted by atomic mass is 16.5. The van der Waals surface area contributed by atoms with Crippen LogP contribution in [0.5, 0.6) is 0 Å². The lowest BCUT2D eigenvalue weighted by atomic mass is 10.1. The summed E-state index contributed by atoms with van der Waals surface area (Å²) in [6.07, 6.45) is 4.32. The summed E-state index contributed by atoms with van der Waals surface area (Å²) < 4.78 is 5.43. The van der Waals surface area contributed by atoms with Crippen molar-refractivity contribution in [1.82, 2.24) is 10.3 Å². The van der Waals surface area contributed by atoms with E-state index in [0.717, 1.165) is 12.0 Å². The van der Waals surface area contributed by atoms with E-state index in [-0.39, 0.29) is 12.1 Å². The van der Waals surface area contributed by atoms with Gasteiger partial charge in [-0.1, -0.05) is 6.07 Å². The molecule has 18 heavy (non-hydrogen) atoms. The largest absolute Gasteiger partial charge is 0.479 e. The van der Waals surface area contributed by atoms with Gasteiger partial charge in [0, 0.05) is 25.0 Å². The fraction of sp³-hybridized carbons (Fsp3) is 0.538. The molecule has 1 aromatic heterocycles. The first kappa shape index (κ1) is 13.0. The van der Waals surface area contributed by atoms with E-state index in [4.69, 9.17) is 9.84 Å². The lowest BCUT2D eigenvalue weighted by Gasteiger charge is -2.17. The number of nitrogens with one attached hydrogen (secondary N) is 1. The normalized spacial score (nSPS) is 24.9. The average Bonchev–Trinajstić information content (AvgIpc) is 2.86. The Balaban J connectivity index is 1.77. The number of ether oxygens (including phenoxy) is 1. The van der Waals surface area contributed by atoms with Crippen molar-refractivity contribution < 1.29 is 14.6 Å². The first-order chi connectivity index (χ1) is 8.66. The van der Waals surface area contributed by atoms with Gasteiger partial charge in [-0.05, 0) is 31.4 Å². The van der Waals surface area contributed by atoms with E-state index in [2.05, 4.69) is 17.2 Å². The number of hydrogen-bond donors (Lipinski definition) is 2. The second-order valence-corrected chi connectivity index (χ2v) is 4.58. The molecule has 0 spiro atoms. The van der Waals surface area contributed by atoms with E-state index in [1.54, 1.807) is 6.20 Å². The topological polar surface area (TPSA) is 71.5 Å². The van der Waals surface area contributed by atoms with Gasteiger partial charge in [0.1, 0.15) is 0 Å². The molecule has 0 bridgehead atoms. The maximum atomic E-state index is 10.8. The number of pyridine rings is 1. The van der Waals surface area contributed by atoms with Crippen LogP contribution in [0.15, 0.2) is 24.5 Å². The van der Waals surface area contributed by atoms with Crippen LogP contribution in [-0.2, 0) is 9.53 Å². The third kappa shape index (κ3) is 3.27. The number of aliphatic carboxylic acids is 1. The van der Waals surface area contributed by atoms with Crippen LogP contribution < -0.4 is 5.32 Å². The standard InChI is InChI=1S/C13H18N2O3/c1-9(10-3-2-6-14-7-10)15-8-11-4-5-12(18-11)13(16)17/h2-3,6-7,9,11-12,15H,4-5,8H2,1H3,(H,16,17)/t9-,11?,12?/m1/s1. The molecule has 1 aliphatic heterocycles. The predicted octanol–water partition coefficient (Wildman–Crippen LogP) is 1.36. The van der Waals surface area contributed by atoms with Crippen LogP contribution in [0.3, 0.4) is 0 Å². The average molecular weight is 250 g/mol. The number of hydrogen-bond acceptors (Lipinski definition) is 4. The molecule has 0 saturated carbocycles. The van der Waals surface area contributed by atoms with E-state index >= 15 is 0 Å². The molecule has 1 aliphatic rings. The maximum absolute atomic E-state index is 10.8. The van der Waals surface area contributed by atoms with Gasteiger partial charge in [-0.25, -0.2) is 4.79 Å². The van der Waals surface area contributed by atoms with Crippen LogP contribution in [0, 0.1) is 0 Å². The zero-order valence-corrected chi connectivity index (χ0v) is 10.4. The summed E-state index contributed by atoms with van der Waals surface area (Å²) in [7, 11) is 0. The molecule has 5 nitrogen and oxygen atoms in total. The van der Waals surface area contributed by atoms with Gasteiger partial charge in [-0.2, -0.15) is 0 Å². The molecule has 2 heterocycles. The van der Waals surface area contributed by atoms with Crippen LogP contribution in [0.25, 0.3) is 0 Å². The quantitative estimate of drug-likeness (QED) is 0.825. The molecule has 3 atom stereocenters. The Morgan fingerprint density at radius 1 is 1.67 bits per heavy atom. The molecule has 0 aromatic carbocycles. The first-order valence-corrected chi connectivity index (χ1v) is 6.18. The third-order valence-corrected chi connectivity index (χ3v) is 3.22. The van der Waals surface area contributed by atoms with Crippen LogP contribution in [0.2, 0.25) is 0 Å². The van der Waals surface area contributed by atoms with Crippen molar-refractivity contribution in [3.63, 3.8) is 0 Å². The highest BCUT2D eigenvalue weighted by Crippen LogP contribution is 2.20. The number of nitrogens with zero attached hydrogens (tertiary/aromatic N) is 1. The van der Waals surface area contributed by atoms with Crippen LogP contribution >= 0.6 is 0 Å². The van der Waals surface area contributed by atoms with Crippen LogP contribution in [0.1, 0.15) is 31.4 Å². The minimum Gasteiger partial charge on any atom is -0.479 e. The number of rotatable bonds is 5. The second kappa shape index (κ2) is 5.93. The highest BCUT2D eigenvalue weighted by molar-refractivity contribution is 5.72. The molecule has 0 aliphatic carbocycles. The van der Waals surface area contributed by atoms with Crippen molar-refractivity contribution in [1.29, 1.82) is 0 Å². The number of aromatic nitrogens is 1. The summed E-state index contributed by atoms with van der Waals surface area (Å²) in [6, 6.07) is 4.10. The lowest BCUT2D eigenvalue weighted by molar-refractivity contribution is -0.149. The summed E-state index contributed by atoms with van der Waals surface area (Å²) in [5.41, 5.74) is 1.12. The van der Waals surface area contributed by atoms with E-state index in [0.29, 0.717) is 13.0 Å². The summed E-state index contributed by atoms with van der Waals surface area (Å²) in [4.78, 5) is 14.8. The summed E-state index contributed by atoms with van der Waals surface area (Å²) in [5, 5.41) is 12.2. The molecule has 98 valence electrons. The molecular weight excluding hydrogens is 232 g/mol. The Morgan fingerprint density at radius 2 is 2.50 bits per heavy atom. The Labute approximate surface area is 106 Å². The van der Waals surface area contributed by atoms with Gasteiger partial charge in [-0.3, -0.25) is 4.98 Å². The van der Waals surface area contributed by atoms with E-state index in [1.165, 1.54) is 0 Å². The van der Waals surface area contributed by atoms with Crippen LogP contribution in [0.4, 0.5) is 0 Å². The molecule has 0 amide bonds. The Kier molecular flexibility index (Phi) is 4.28. The van der Waals surface area contributed by atoms with Crippen molar-refractivity contribution >= 4 is 5.97 Å². The zero-order chi connectivity index (χ0) is 13.0. The third-order valence-electron chi connectivity index (χ3n) is 3.22. The van der Waals surface area contributed by atoms with Gasteiger partial charge < -0.3 is 15.2 Å². The minimum atomic E-state index is -0.863. The van der Waals surface area contributed by atoms with Crippen LogP contribution in [-0.4, -0.2) is 34.8 Å². The highest BCUT2D eigenvalue weighted by Gasteiger charge is 2.30. The summed E-state index contributed by atoms with van der Waals surface area (Å²) >= 11 is 0. The molecule has 5 heteroatoms.